The molecule has 1 aliphatic rings. The van der Waals surface area contributed by atoms with Gasteiger partial charge in [-0.15, -0.1) is 0 Å². The molecular weight excluding hydrogens is 214 g/mol. The first-order chi connectivity index (χ1) is 8.11. The summed E-state index contributed by atoms with van der Waals surface area (Å²) >= 11 is 0. The third kappa shape index (κ3) is 6.36. The summed E-state index contributed by atoms with van der Waals surface area (Å²) in [5.41, 5.74) is 0. The molecule has 4 nitrogen and oxygen atoms in total. The maximum Gasteiger partial charge on any atom is 0.0791 e. The molecule has 0 radical (unpaired) electrons. The fourth-order valence-corrected chi connectivity index (χ4v) is 2.54. The van der Waals surface area contributed by atoms with Crippen LogP contribution in [0.25, 0.3) is 0 Å². The zero-order chi connectivity index (χ0) is 12.7. The minimum absolute atomic E-state index is 0.222. The Kier molecular flexibility index (Phi) is 7.04. The predicted molar refractivity (Wildman–Crippen MR) is 72.3 cm³/mol. The molecule has 0 aliphatic carbocycles. The average Bonchev–Trinajstić information content (AvgIpc) is 2.28. The largest absolute Gasteiger partial charge is 0.390 e. The van der Waals surface area contributed by atoms with Gasteiger partial charge in [-0.1, -0.05) is 6.92 Å². The van der Waals surface area contributed by atoms with Crippen LogP contribution in [0.1, 0.15) is 19.8 Å². The van der Waals surface area contributed by atoms with Gasteiger partial charge in [-0.05, 0) is 52.5 Å². The van der Waals surface area contributed by atoms with E-state index in [1.807, 2.05) is 0 Å². The number of β-amino-alcohol motifs (C(OH)–C–C–N with tert-alkyl or cyclic N) is 1. The standard InChI is InChI=1S/C13H29N3O/c1-4-14-9-13(17)11-16-7-5-12(6-8-16)10-15(2)3/h12-14,17H,4-11H2,1-3H3. The van der Waals surface area contributed by atoms with Gasteiger partial charge in [0.15, 0.2) is 0 Å². The quantitative estimate of drug-likeness (QED) is 0.671. The Hall–Kier alpha value is -0.160. The number of aliphatic hydroxyl groups excluding tert-OH is 1. The molecule has 4 heteroatoms. The molecule has 1 fully saturated rings. The van der Waals surface area contributed by atoms with Crippen molar-refractivity contribution >= 4 is 0 Å². The average molecular weight is 243 g/mol. The monoisotopic (exact) mass is 243 g/mol. The van der Waals surface area contributed by atoms with Crippen LogP contribution in [0.2, 0.25) is 0 Å². The Balaban J connectivity index is 2.14. The van der Waals surface area contributed by atoms with E-state index < -0.39 is 0 Å². The van der Waals surface area contributed by atoms with Crippen molar-refractivity contribution < 1.29 is 5.11 Å². The van der Waals surface area contributed by atoms with Gasteiger partial charge in [-0.2, -0.15) is 0 Å². The lowest BCUT2D eigenvalue weighted by Gasteiger charge is -2.34. The smallest absolute Gasteiger partial charge is 0.0791 e. The van der Waals surface area contributed by atoms with Crippen molar-refractivity contribution in [2.75, 3.05) is 53.4 Å². The molecule has 0 bridgehead atoms. The van der Waals surface area contributed by atoms with Gasteiger partial charge in [0.05, 0.1) is 6.10 Å². The van der Waals surface area contributed by atoms with Crippen molar-refractivity contribution in [1.29, 1.82) is 0 Å². The van der Waals surface area contributed by atoms with Crippen LogP contribution in [0.3, 0.4) is 0 Å². The van der Waals surface area contributed by atoms with E-state index in [-0.39, 0.29) is 6.10 Å². The van der Waals surface area contributed by atoms with Crippen LogP contribution in [0, 0.1) is 5.92 Å². The highest BCUT2D eigenvalue weighted by Crippen LogP contribution is 2.17. The first-order valence-electron chi connectivity index (χ1n) is 6.87. The van der Waals surface area contributed by atoms with E-state index in [9.17, 15) is 5.11 Å². The Labute approximate surface area is 106 Å². The summed E-state index contributed by atoms with van der Waals surface area (Å²) in [4.78, 5) is 4.68. The summed E-state index contributed by atoms with van der Waals surface area (Å²) in [6.07, 6.45) is 2.32. The van der Waals surface area contributed by atoms with Gasteiger partial charge in [0, 0.05) is 19.6 Å². The van der Waals surface area contributed by atoms with E-state index in [4.69, 9.17) is 0 Å². The van der Waals surface area contributed by atoms with Crippen molar-refractivity contribution in [2.24, 2.45) is 5.92 Å². The highest BCUT2D eigenvalue weighted by molar-refractivity contribution is 4.76. The summed E-state index contributed by atoms with van der Waals surface area (Å²) in [6, 6.07) is 0. The van der Waals surface area contributed by atoms with Crippen LogP contribution >= 0.6 is 0 Å². The second kappa shape index (κ2) is 8.03. The number of rotatable bonds is 7. The third-order valence-corrected chi connectivity index (χ3v) is 3.43. The number of likely N-dealkylation sites (N-methyl/N-ethyl adjacent to an activating group) is 1. The van der Waals surface area contributed by atoms with Gasteiger partial charge < -0.3 is 20.2 Å². The number of aliphatic hydroxyl groups is 1. The normalized spacial score (nSPS) is 21.0. The van der Waals surface area contributed by atoms with Crippen molar-refractivity contribution in [3.63, 3.8) is 0 Å². The Bertz CT molecular complexity index is 191. The van der Waals surface area contributed by atoms with Gasteiger partial charge in [0.2, 0.25) is 0 Å². The first kappa shape index (κ1) is 14.9. The summed E-state index contributed by atoms with van der Waals surface area (Å²) < 4.78 is 0. The number of piperidine rings is 1. The fourth-order valence-electron chi connectivity index (χ4n) is 2.54. The molecule has 0 spiro atoms. The van der Waals surface area contributed by atoms with E-state index in [0.717, 1.165) is 32.1 Å². The minimum atomic E-state index is -0.222. The Morgan fingerprint density at radius 2 is 2.00 bits per heavy atom. The van der Waals surface area contributed by atoms with Gasteiger partial charge in [0.25, 0.3) is 0 Å². The molecule has 17 heavy (non-hydrogen) atoms. The molecule has 1 aliphatic heterocycles. The molecule has 2 N–H and O–H groups in total. The number of nitrogens with one attached hydrogen (secondary N) is 1. The number of likely N-dealkylation sites (tertiary alicyclic amines) is 1. The molecule has 1 atom stereocenters. The highest BCUT2D eigenvalue weighted by Gasteiger charge is 2.20. The minimum Gasteiger partial charge on any atom is -0.390 e. The summed E-state index contributed by atoms with van der Waals surface area (Å²) in [5.74, 6) is 0.840. The summed E-state index contributed by atoms with van der Waals surface area (Å²) in [5, 5.41) is 13.0. The van der Waals surface area contributed by atoms with Crippen molar-refractivity contribution in [2.45, 2.75) is 25.9 Å². The molecule has 1 saturated heterocycles. The van der Waals surface area contributed by atoms with Crippen molar-refractivity contribution in [3.05, 3.63) is 0 Å². The third-order valence-electron chi connectivity index (χ3n) is 3.43. The van der Waals surface area contributed by atoms with E-state index >= 15 is 0 Å². The summed E-state index contributed by atoms with van der Waals surface area (Å²) in [6.45, 7) is 8.02. The van der Waals surface area contributed by atoms with E-state index in [0.29, 0.717) is 6.54 Å². The van der Waals surface area contributed by atoms with Crippen LogP contribution in [0.4, 0.5) is 0 Å². The lowest BCUT2D eigenvalue weighted by molar-refractivity contribution is 0.0846. The molecule has 0 aromatic carbocycles. The summed E-state index contributed by atoms with van der Waals surface area (Å²) in [7, 11) is 4.29. The molecular formula is C13H29N3O. The Morgan fingerprint density at radius 3 is 2.53 bits per heavy atom. The molecule has 1 unspecified atom stereocenters. The topological polar surface area (TPSA) is 38.7 Å². The molecule has 0 aromatic rings. The molecule has 0 aromatic heterocycles. The highest BCUT2D eigenvalue weighted by atomic mass is 16.3. The number of hydrogen-bond donors (Lipinski definition) is 2. The number of nitrogens with zero attached hydrogens (tertiary/aromatic N) is 2. The maximum absolute atomic E-state index is 9.83. The molecule has 1 rings (SSSR count). The molecule has 102 valence electrons. The Morgan fingerprint density at radius 1 is 1.35 bits per heavy atom. The second-order valence-electron chi connectivity index (χ2n) is 5.47. The molecule has 1 heterocycles. The van der Waals surface area contributed by atoms with Crippen LogP contribution in [-0.2, 0) is 0 Å². The lowest BCUT2D eigenvalue weighted by atomic mass is 9.96. The number of hydrogen-bond acceptors (Lipinski definition) is 4. The molecule has 0 saturated carbocycles. The zero-order valence-electron chi connectivity index (χ0n) is 11.7. The van der Waals surface area contributed by atoms with E-state index in [2.05, 4.69) is 36.1 Å². The second-order valence-corrected chi connectivity index (χ2v) is 5.47. The van der Waals surface area contributed by atoms with Gasteiger partial charge in [-0.3, -0.25) is 0 Å². The van der Waals surface area contributed by atoms with Gasteiger partial charge in [0.1, 0.15) is 0 Å². The lowest BCUT2D eigenvalue weighted by Crippen LogP contribution is -2.43. The first-order valence-corrected chi connectivity index (χ1v) is 6.87. The van der Waals surface area contributed by atoms with Crippen molar-refractivity contribution in [3.8, 4) is 0 Å². The van der Waals surface area contributed by atoms with Gasteiger partial charge >= 0.3 is 0 Å². The maximum atomic E-state index is 9.83. The van der Waals surface area contributed by atoms with Crippen molar-refractivity contribution in [1.82, 2.24) is 15.1 Å². The van der Waals surface area contributed by atoms with Crippen LogP contribution in [0.5, 0.6) is 0 Å². The van der Waals surface area contributed by atoms with Gasteiger partial charge in [-0.25, -0.2) is 0 Å². The van der Waals surface area contributed by atoms with Crippen LogP contribution in [-0.4, -0.2) is 74.4 Å². The van der Waals surface area contributed by atoms with E-state index in [1.165, 1.54) is 19.4 Å². The SMILES string of the molecule is CCNCC(O)CN1CCC(CN(C)C)CC1. The molecule has 0 amide bonds. The van der Waals surface area contributed by atoms with Crippen LogP contribution in [0.15, 0.2) is 0 Å². The fraction of sp³-hybridized carbons (Fsp3) is 1.00. The van der Waals surface area contributed by atoms with E-state index in [1.54, 1.807) is 0 Å². The van der Waals surface area contributed by atoms with Crippen LogP contribution < -0.4 is 5.32 Å². The zero-order valence-corrected chi connectivity index (χ0v) is 11.7. The predicted octanol–water partition coefficient (Wildman–Crippen LogP) is 0.230.